The lowest BCUT2D eigenvalue weighted by Gasteiger charge is -2.40. The SMILES string of the molecule is CCC1(CC)CC(NS(=O)(=O)c2cccc(N)c2)CCO1. The molecule has 5 nitrogen and oxygen atoms in total. The molecule has 1 heterocycles. The maximum atomic E-state index is 12.4. The predicted molar refractivity (Wildman–Crippen MR) is 83.5 cm³/mol. The Hall–Kier alpha value is -1.11. The molecule has 0 saturated carbocycles. The molecule has 0 aliphatic carbocycles. The highest BCUT2D eigenvalue weighted by Crippen LogP contribution is 2.32. The molecule has 0 amide bonds. The van der Waals surface area contributed by atoms with Crippen LogP contribution in [0, 0.1) is 0 Å². The topological polar surface area (TPSA) is 81.4 Å². The summed E-state index contributed by atoms with van der Waals surface area (Å²) < 4.78 is 33.5. The van der Waals surface area contributed by atoms with Gasteiger partial charge in [-0.2, -0.15) is 0 Å². The summed E-state index contributed by atoms with van der Waals surface area (Å²) in [6, 6.07) is 6.27. The molecule has 1 aliphatic rings. The average Bonchev–Trinajstić information content (AvgIpc) is 2.47. The number of nitrogens with two attached hydrogens (primary N) is 1. The van der Waals surface area contributed by atoms with Crippen molar-refractivity contribution in [2.45, 2.75) is 56.1 Å². The first-order valence-electron chi connectivity index (χ1n) is 7.42. The Kier molecular flexibility index (Phi) is 4.91. The van der Waals surface area contributed by atoms with Crippen LogP contribution >= 0.6 is 0 Å². The second kappa shape index (κ2) is 6.34. The summed E-state index contributed by atoms with van der Waals surface area (Å²) in [7, 11) is -3.53. The molecule has 2 rings (SSSR count). The van der Waals surface area contributed by atoms with E-state index in [9.17, 15) is 8.42 Å². The molecule has 1 atom stereocenters. The van der Waals surface area contributed by atoms with Gasteiger partial charge in [-0.1, -0.05) is 19.9 Å². The zero-order valence-corrected chi connectivity index (χ0v) is 13.4. The highest BCUT2D eigenvalue weighted by molar-refractivity contribution is 7.89. The molecule has 0 radical (unpaired) electrons. The Bertz CT molecular complexity index is 582. The second-order valence-electron chi connectivity index (χ2n) is 5.62. The third-order valence-electron chi connectivity index (χ3n) is 4.27. The summed E-state index contributed by atoms with van der Waals surface area (Å²) in [5.74, 6) is 0. The van der Waals surface area contributed by atoms with E-state index in [-0.39, 0.29) is 16.5 Å². The van der Waals surface area contributed by atoms with Crippen LogP contribution in [0.3, 0.4) is 0 Å². The van der Waals surface area contributed by atoms with Gasteiger partial charge >= 0.3 is 0 Å². The minimum Gasteiger partial charge on any atom is -0.399 e. The minimum absolute atomic E-state index is 0.0925. The molecule has 118 valence electrons. The maximum absolute atomic E-state index is 12.4. The molecule has 1 aliphatic heterocycles. The highest BCUT2D eigenvalue weighted by Gasteiger charge is 2.36. The molecule has 1 aromatic carbocycles. The molecular formula is C15H24N2O3S. The Morgan fingerprint density at radius 3 is 2.71 bits per heavy atom. The van der Waals surface area contributed by atoms with E-state index in [1.165, 1.54) is 6.07 Å². The van der Waals surface area contributed by atoms with Crippen molar-refractivity contribution in [1.82, 2.24) is 4.72 Å². The quantitative estimate of drug-likeness (QED) is 0.817. The third kappa shape index (κ3) is 3.75. The Morgan fingerprint density at radius 2 is 2.10 bits per heavy atom. The van der Waals surface area contributed by atoms with Gasteiger partial charge in [-0.15, -0.1) is 0 Å². The Labute approximate surface area is 126 Å². The van der Waals surface area contributed by atoms with Crippen LogP contribution in [0.15, 0.2) is 29.2 Å². The standard InChI is InChI=1S/C15H24N2O3S/c1-3-15(4-2)11-13(8-9-20-15)17-21(18,19)14-7-5-6-12(16)10-14/h5-7,10,13,17H,3-4,8-9,11,16H2,1-2H3. The number of nitrogen functional groups attached to an aromatic ring is 1. The molecule has 0 aromatic heterocycles. The van der Waals surface area contributed by atoms with Gasteiger partial charge in [-0.05, 0) is 43.9 Å². The zero-order valence-electron chi connectivity index (χ0n) is 12.6. The number of nitrogens with one attached hydrogen (secondary N) is 1. The van der Waals surface area contributed by atoms with Crippen LogP contribution in [0.4, 0.5) is 5.69 Å². The van der Waals surface area contributed by atoms with Gasteiger partial charge in [-0.3, -0.25) is 0 Å². The van der Waals surface area contributed by atoms with Crippen molar-refractivity contribution in [2.24, 2.45) is 0 Å². The van der Waals surface area contributed by atoms with Crippen molar-refractivity contribution in [3.05, 3.63) is 24.3 Å². The fraction of sp³-hybridized carbons (Fsp3) is 0.600. The van der Waals surface area contributed by atoms with Crippen LogP contribution < -0.4 is 10.5 Å². The average molecular weight is 312 g/mol. The Morgan fingerprint density at radius 1 is 1.38 bits per heavy atom. The van der Waals surface area contributed by atoms with E-state index >= 15 is 0 Å². The molecule has 1 unspecified atom stereocenters. The summed E-state index contributed by atoms with van der Waals surface area (Å²) in [5, 5.41) is 0. The number of hydrogen-bond donors (Lipinski definition) is 2. The molecule has 0 spiro atoms. The maximum Gasteiger partial charge on any atom is 0.240 e. The number of ether oxygens (including phenoxy) is 1. The van der Waals surface area contributed by atoms with Gasteiger partial charge in [0.15, 0.2) is 0 Å². The number of sulfonamides is 1. The molecule has 21 heavy (non-hydrogen) atoms. The lowest BCUT2D eigenvalue weighted by atomic mass is 9.86. The monoisotopic (exact) mass is 312 g/mol. The molecule has 1 saturated heterocycles. The van der Waals surface area contributed by atoms with Crippen molar-refractivity contribution >= 4 is 15.7 Å². The summed E-state index contributed by atoms with van der Waals surface area (Å²) in [6.07, 6.45) is 3.19. The van der Waals surface area contributed by atoms with Crippen molar-refractivity contribution < 1.29 is 13.2 Å². The largest absolute Gasteiger partial charge is 0.399 e. The first-order chi connectivity index (χ1) is 9.91. The van der Waals surface area contributed by atoms with Crippen LogP contribution in [-0.2, 0) is 14.8 Å². The van der Waals surface area contributed by atoms with Gasteiger partial charge in [0, 0.05) is 18.3 Å². The summed E-state index contributed by atoms with van der Waals surface area (Å²) in [4.78, 5) is 0.215. The van der Waals surface area contributed by atoms with E-state index in [1.807, 2.05) is 0 Å². The fourth-order valence-electron chi connectivity index (χ4n) is 2.84. The van der Waals surface area contributed by atoms with Gasteiger partial charge in [0.2, 0.25) is 10.0 Å². The summed E-state index contributed by atoms with van der Waals surface area (Å²) >= 11 is 0. The second-order valence-corrected chi connectivity index (χ2v) is 7.34. The van der Waals surface area contributed by atoms with Crippen LogP contribution in [-0.4, -0.2) is 26.7 Å². The van der Waals surface area contributed by atoms with Crippen LogP contribution in [0.2, 0.25) is 0 Å². The van der Waals surface area contributed by atoms with Gasteiger partial charge in [-0.25, -0.2) is 13.1 Å². The molecule has 3 N–H and O–H groups in total. The molecule has 6 heteroatoms. The molecule has 0 bridgehead atoms. The lowest BCUT2D eigenvalue weighted by molar-refractivity contribution is -0.0905. The van der Waals surface area contributed by atoms with Gasteiger partial charge in [0.1, 0.15) is 0 Å². The zero-order chi connectivity index (χ0) is 15.5. The van der Waals surface area contributed by atoms with E-state index in [4.69, 9.17) is 10.5 Å². The molecule has 1 fully saturated rings. The van der Waals surface area contributed by atoms with E-state index in [0.29, 0.717) is 25.1 Å². The first-order valence-corrected chi connectivity index (χ1v) is 8.91. The predicted octanol–water partition coefficient (Wildman–Crippen LogP) is 2.28. The summed E-state index contributed by atoms with van der Waals surface area (Å²) in [6.45, 7) is 4.75. The number of rotatable bonds is 5. The third-order valence-corrected chi connectivity index (χ3v) is 5.79. The van der Waals surface area contributed by atoms with E-state index < -0.39 is 10.0 Å². The van der Waals surface area contributed by atoms with Gasteiger partial charge in [0.25, 0.3) is 0 Å². The fourth-order valence-corrected chi connectivity index (χ4v) is 4.17. The highest BCUT2D eigenvalue weighted by atomic mass is 32.2. The van der Waals surface area contributed by atoms with E-state index in [1.54, 1.807) is 18.2 Å². The number of anilines is 1. The Balaban J connectivity index is 2.13. The lowest BCUT2D eigenvalue weighted by Crippen LogP contribution is -2.48. The van der Waals surface area contributed by atoms with Crippen LogP contribution in [0.1, 0.15) is 39.5 Å². The number of benzene rings is 1. The van der Waals surface area contributed by atoms with Gasteiger partial charge in [0.05, 0.1) is 10.5 Å². The van der Waals surface area contributed by atoms with Crippen molar-refractivity contribution in [2.75, 3.05) is 12.3 Å². The van der Waals surface area contributed by atoms with Gasteiger partial charge < -0.3 is 10.5 Å². The molecule has 1 aromatic rings. The normalized spacial score (nSPS) is 22.1. The smallest absolute Gasteiger partial charge is 0.240 e. The van der Waals surface area contributed by atoms with Crippen molar-refractivity contribution in [3.63, 3.8) is 0 Å². The van der Waals surface area contributed by atoms with Crippen LogP contribution in [0.5, 0.6) is 0 Å². The van der Waals surface area contributed by atoms with E-state index in [0.717, 1.165) is 12.8 Å². The number of hydrogen-bond acceptors (Lipinski definition) is 4. The first kappa shape index (κ1) is 16.3. The minimum atomic E-state index is -3.53. The molecular weight excluding hydrogens is 288 g/mol. The summed E-state index contributed by atoms with van der Waals surface area (Å²) in [5.41, 5.74) is 5.90. The van der Waals surface area contributed by atoms with E-state index in [2.05, 4.69) is 18.6 Å². The van der Waals surface area contributed by atoms with Crippen molar-refractivity contribution in [3.8, 4) is 0 Å². The van der Waals surface area contributed by atoms with Crippen molar-refractivity contribution in [1.29, 1.82) is 0 Å². The van der Waals surface area contributed by atoms with Crippen LogP contribution in [0.25, 0.3) is 0 Å².